The van der Waals surface area contributed by atoms with Crippen molar-refractivity contribution in [2.75, 3.05) is 18.1 Å². The molecule has 0 N–H and O–H groups in total. The van der Waals surface area contributed by atoms with Gasteiger partial charge in [0, 0.05) is 29.9 Å². The molecule has 3 nitrogen and oxygen atoms in total. The normalized spacial score (nSPS) is 23.3. The number of nitrogens with zero attached hydrogens (tertiary/aromatic N) is 2. The van der Waals surface area contributed by atoms with Crippen LogP contribution in [-0.4, -0.2) is 30.3 Å². The van der Waals surface area contributed by atoms with Crippen LogP contribution in [0, 0.1) is 11.6 Å². The second-order valence-corrected chi connectivity index (χ2v) is 5.12. The zero-order valence-corrected chi connectivity index (χ0v) is 11.4. The van der Waals surface area contributed by atoms with Gasteiger partial charge < -0.3 is 9.64 Å². The fourth-order valence-electron chi connectivity index (χ4n) is 2.69. The van der Waals surface area contributed by atoms with Gasteiger partial charge in [-0.3, -0.25) is 4.98 Å². The van der Waals surface area contributed by atoms with Crippen molar-refractivity contribution in [1.82, 2.24) is 4.98 Å². The smallest absolute Gasteiger partial charge is 0.152 e. The van der Waals surface area contributed by atoms with Gasteiger partial charge in [-0.05, 0) is 26.0 Å². The average Bonchev–Trinajstić information content (AvgIpc) is 2.41. The number of fused-ring (bicyclic) bond motifs is 1. The molecule has 2 aromatic rings. The third-order valence-electron chi connectivity index (χ3n) is 3.93. The van der Waals surface area contributed by atoms with Gasteiger partial charge in [-0.25, -0.2) is 8.78 Å². The third kappa shape index (κ3) is 2.12. The molecule has 2 atom stereocenters. The van der Waals surface area contributed by atoms with E-state index < -0.39 is 11.6 Å². The Morgan fingerprint density at radius 1 is 1.30 bits per heavy atom. The number of halogens is 2. The molecule has 20 heavy (non-hydrogen) atoms. The lowest BCUT2D eigenvalue weighted by molar-refractivity contribution is 0.0285. The van der Waals surface area contributed by atoms with Crippen LogP contribution < -0.4 is 4.90 Å². The quantitative estimate of drug-likeness (QED) is 0.801. The van der Waals surface area contributed by atoms with E-state index in [1.807, 2.05) is 13.8 Å². The Kier molecular flexibility index (Phi) is 3.30. The summed E-state index contributed by atoms with van der Waals surface area (Å²) in [5, 5.41) is 0.506. The fraction of sp³-hybridized carbons (Fsp3) is 0.400. The summed E-state index contributed by atoms with van der Waals surface area (Å²) in [6, 6.07) is 4.15. The van der Waals surface area contributed by atoms with Crippen molar-refractivity contribution in [3.05, 3.63) is 36.0 Å². The lowest BCUT2D eigenvalue weighted by atomic mass is 10.1. The number of anilines is 1. The van der Waals surface area contributed by atoms with Crippen molar-refractivity contribution in [1.29, 1.82) is 0 Å². The molecular formula is C15H16F2N2O. The number of aromatic nitrogens is 1. The largest absolute Gasteiger partial charge is 0.375 e. The van der Waals surface area contributed by atoms with Crippen LogP contribution in [-0.2, 0) is 4.74 Å². The van der Waals surface area contributed by atoms with E-state index in [0.29, 0.717) is 18.5 Å². The summed E-state index contributed by atoms with van der Waals surface area (Å²) >= 11 is 0. The summed E-state index contributed by atoms with van der Waals surface area (Å²) in [5.41, 5.74) is 1.01. The first-order valence-electron chi connectivity index (χ1n) is 6.70. The van der Waals surface area contributed by atoms with E-state index in [9.17, 15) is 8.78 Å². The first-order chi connectivity index (χ1) is 9.58. The Bertz CT molecular complexity index is 647. The summed E-state index contributed by atoms with van der Waals surface area (Å²) in [6.45, 7) is 5.35. The summed E-state index contributed by atoms with van der Waals surface area (Å²) < 4.78 is 32.9. The minimum Gasteiger partial charge on any atom is -0.375 e. The molecule has 1 aromatic heterocycles. The second-order valence-electron chi connectivity index (χ2n) is 5.12. The summed E-state index contributed by atoms with van der Waals surface area (Å²) in [5.74, 6) is -1.21. The zero-order chi connectivity index (χ0) is 14.3. The molecule has 0 saturated carbocycles. The molecule has 0 amide bonds. The molecule has 1 fully saturated rings. The van der Waals surface area contributed by atoms with Crippen LogP contribution in [0.4, 0.5) is 14.5 Å². The van der Waals surface area contributed by atoms with Crippen LogP contribution in [0.15, 0.2) is 24.4 Å². The van der Waals surface area contributed by atoms with Crippen LogP contribution in [0.1, 0.15) is 13.8 Å². The molecule has 2 unspecified atom stereocenters. The highest BCUT2D eigenvalue weighted by Crippen LogP contribution is 2.31. The summed E-state index contributed by atoms with van der Waals surface area (Å²) in [7, 11) is 0. The lowest BCUT2D eigenvalue weighted by Gasteiger charge is -2.39. The molecule has 1 aromatic carbocycles. The van der Waals surface area contributed by atoms with Gasteiger partial charge in [-0.15, -0.1) is 0 Å². The number of benzene rings is 1. The third-order valence-corrected chi connectivity index (χ3v) is 3.93. The Morgan fingerprint density at radius 3 is 2.90 bits per heavy atom. The molecule has 0 spiro atoms. The number of pyridine rings is 1. The van der Waals surface area contributed by atoms with E-state index in [4.69, 9.17) is 4.74 Å². The van der Waals surface area contributed by atoms with Crippen molar-refractivity contribution in [2.24, 2.45) is 0 Å². The monoisotopic (exact) mass is 278 g/mol. The SMILES string of the molecule is CC1OCCN(c2ccnc3c(F)cc(F)cc23)C1C. The highest BCUT2D eigenvalue weighted by atomic mass is 19.1. The van der Waals surface area contributed by atoms with E-state index >= 15 is 0 Å². The second kappa shape index (κ2) is 4.98. The Balaban J connectivity index is 2.16. The van der Waals surface area contributed by atoms with Gasteiger partial charge in [0.05, 0.1) is 18.8 Å². The van der Waals surface area contributed by atoms with E-state index in [0.717, 1.165) is 11.8 Å². The van der Waals surface area contributed by atoms with Gasteiger partial charge in [-0.1, -0.05) is 0 Å². The van der Waals surface area contributed by atoms with E-state index in [-0.39, 0.29) is 17.7 Å². The number of ether oxygens (including phenoxy) is 1. The molecule has 5 heteroatoms. The maximum Gasteiger partial charge on any atom is 0.152 e. The minimum absolute atomic E-state index is 0.0744. The predicted octanol–water partition coefficient (Wildman–Crippen LogP) is 3.13. The predicted molar refractivity (Wildman–Crippen MR) is 73.9 cm³/mol. The fourth-order valence-corrected chi connectivity index (χ4v) is 2.69. The van der Waals surface area contributed by atoms with E-state index in [1.165, 1.54) is 6.07 Å². The molecule has 3 rings (SSSR count). The summed E-state index contributed by atoms with van der Waals surface area (Å²) in [6.07, 6.45) is 1.64. The van der Waals surface area contributed by atoms with Crippen LogP contribution in [0.25, 0.3) is 10.9 Å². The minimum atomic E-state index is -0.629. The van der Waals surface area contributed by atoms with Crippen molar-refractivity contribution in [2.45, 2.75) is 26.0 Å². The number of hydrogen-bond acceptors (Lipinski definition) is 3. The van der Waals surface area contributed by atoms with E-state index in [1.54, 1.807) is 12.3 Å². The van der Waals surface area contributed by atoms with Crippen LogP contribution >= 0.6 is 0 Å². The molecule has 0 bridgehead atoms. The van der Waals surface area contributed by atoms with Gasteiger partial charge in [0.15, 0.2) is 5.82 Å². The maximum absolute atomic E-state index is 13.8. The van der Waals surface area contributed by atoms with Crippen molar-refractivity contribution < 1.29 is 13.5 Å². The maximum atomic E-state index is 13.8. The van der Waals surface area contributed by atoms with Gasteiger partial charge in [0.25, 0.3) is 0 Å². The highest BCUT2D eigenvalue weighted by molar-refractivity contribution is 5.92. The molecular weight excluding hydrogens is 262 g/mol. The van der Waals surface area contributed by atoms with E-state index in [2.05, 4.69) is 9.88 Å². The van der Waals surface area contributed by atoms with Crippen LogP contribution in [0.3, 0.4) is 0 Å². The first kappa shape index (κ1) is 13.2. The topological polar surface area (TPSA) is 25.4 Å². The van der Waals surface area contributed by atoms with Gasteiger partial charge in [-0.2, -0.15) is 0 Å². The Labute approximate surface area is 116 Å². The number of hydrogen-bond donors (Lipinski definition) is 0. The molecule has 1 saturated heterocycles. The first-order valence-corrected chi connectivity index (χ1v) is 6.70. The molecule has 0 aliphatic carbocycles. The molecule has 2 heterocycles. The van der Waals surface area contributed by atoms with Crippen LogP contribution in [0.2, 0.25) is 0 Å². The standard InChI is InChI=1S/C15H16F2N2O/c1-9-10(2)20-6-5-19(9)14-3-4-18-15-12(14)7-11(16)8-13(15)17/h3-4,7-10H,5-6H2,1-2H3. The highest BCUT2D eigenvalue weighted by Gasteiger charge is 2.27. The Hall–Kier alpha value is -1.75. The summed E-state index contributed by atoms with van der Waals surface area (Å²) in [4.78, 5) is 6.14. The van der Waals surface area contributed by atoms with Gasteiger partial charge in [0.1, 0.15) is 11.3 Å². The van der Waals surface area contributed by atoms with Crippen molar-refractivity contribution in [3.63, 3.8) is 0 Å². The lowest BCUT2D eigenvalue weighted by Crippen LogP contribution is -2.48. The van der Waals surface area contributed by atoms with Crippen LogP contribution in [0.5, 0.6) is 0 Å². The van der Waals surface area contributed by atoms with Gasteiger partial charge in [0.2, 0.25) is 0 Å². The zero-order valence-electron chi connectivity index (χ0n) is 11.4. The van der Waals surface area contributed by atoms with Gasteiger partial charge >= 0.3 is 0 Å². The molecule has 1 aliphatic heterocycles. The van der Waals surface area contributed by atoms with Crippen molar-refractivity contribution >= 4 is 16.6 Å². The molecule has 1 aliphatic rings. The average molecular weight is 278 g/mol. The number of rotatable bonds is 1. The molecule has 106 valence electrons. The Morgan fingerprint density at radius 2 is 2.10 bits per heavy atom. The molecule has 0 radical (unpaired) electrons. The number of morpholine rings is 1. The van der Waals surface area contributed by atoms with Crippen molar-refractivity contribution in [3.8, 4) is 0 Å².